The first-order valence-corrected chi connectivity index (χ1v) is 10.5. The Kier molecular flexibility index (Phi) is 5.67. The first-order chi connectivity index (χ1) is 12.8. The standard InChI is InChI=1S/C21H25NO4S/c1-15-12-19(26-3)20(13-16(15)2)27(24,25)22-11-7-10-18(14-22)21(23)17-8-5-4-6-9-17/h4-6,8-9,12-13,18H,7,10-11,14H2,1-3H3. The minimum atomic E-state index is -3.74. The topological polar surface area (TPSA) is 63.7 Å². The fourth-order valence-corrected chi connectivity index (χ4v) is 5.22. The second kappa shape index (κ2) is 7.82. The van der Waals surface area contributed by atoms with Crippen molar-refractivity contribution in [1.29, 1.82) is 0 Å². The van der Waals surface area contributed by atoms with Crippen LogP contribution in [0.15, 0.2) is 47.4 Å². The van der Waals surface area contributed by atoms with Crippen molar-refractivity contribution in [2.45, 2.75) is 31.6 Å². The van der Waals surface area contributed by atoms with Crippen LogP contribution in [0.5, 0.6) is 5.75 Å². The van der Waals surface area contributed by atoms with Gasteiger partial charge in [0.25, 0.3) is 0 Å². The zero-order valence-electron chi connectivity index (χ0n) is 15.9. The van der Waals surface area contributed by atoms with E-state index in [-0.39, 0.29) is 23.1 Å². The number of piperidine rings is 1. The highest BCUT2D eigenvalue weighted by Crippen LogP contribution is 2.32. The van der Waals surface area contributed by atoms with Gasteiger partial charge in [0.1, 0.15) is 10.6 Å². The van der Waals surface area contributed by atoms with Crippen molar-refractivity contribution >= 4 is 15.8 Å². The second-order valence-electron chi connectivity index (χ2n) is 7.02. The third-order valence-corrected chi connectivity index (χ3v) is 7.10. The molecule has 2 aromatic rings. The van der Waals surface area contributed by atoms with Crippen LogP contribution < -0.4 is 4.74 Å². The Bertz CT molecular complexity index is 938. The van der Waals surface area contributed by atoms with Gasteiger partial charge in [0.2, 0.25) is 10.0 Å². The lowest BCUT2D eigenvalue weighted by atomic mass is 9.91. The number of ketones is 1. The van der Waals surface area contributed by atoms with Gasteiger partial charge in [-0.3, -0.25) is 4.79 Å². The lowest BCUT2D eigenvalue weighted by molar-refractivity contribution is 0.0872. The Morgan fingerprint density at radius 1 is 1.11 bits per heavy atom. The molecule has 0 saturated carbocycles. The van der Waals surface area contributed by atoms with Gasteiger partial charge in [-0.2, -0.15) is 4.31 Å². The van der Waals surface area contributed by atoms with E-state index >= 15 is 0 Å². The molecule has 0 bridgehead atoms. The summed E-state index contributed by atoms with van der Waals surface area (Å²) in [5.74, 6) is 0.0191. The summed E-state index contributed by atoms with van der Waals surface area (Å²) < 4.78 is 33.3. The number of sulfonamides is 1. The molecule has 1 saturated heterocycles. The highest BCUT2D eigenvalue weighted by atomic mass is 32.2. The minimum absolute atomic E-state index is 0.00236. The zero-order chi connectivity index (χ0) is 19.6. The van der Waals surface area contributed by atoms with Crippen molar-refractivity contribution in [2.24, 2.45) is 5.92 Å². The van der Waals surface area contributed by atoms with Gasteiger partial charge in [0.05, 0.1) is 7.11 Å². The smallest absolute Gasteiger partial charge is 0.246 e. The summed E-state index contributed by atoms with van der Waals surface area (Å²) >= 11 is 0. The number of nitrogens with zero attached hydrogens (tertiary/aromatic N) is 1. The van der Waals surface area contributed by atoms with Gasteiger partial charge < -0.3 is 4.74 Å². The molecule has 3 rings (SSSR count). The van der Waals surface area contributed by atoms with Crippen LogP contribution in [-0.4, -0.2) is 38.7 Å². The Balaban J connectivity index is 1.89. The lowest BCUT2D eigenvalue weighted by Gasteiger charge is -2.31. The van der Waals surface area contributed by atoms with Crippen molar-refractivity contribution in [3.8, 4) is 5.75 Å². The molecule has 27 heavy (non-hydrogen) atoms. The molecule has 1 heterocycles. The molecule has 0 aromatic heterocycles. The molecule has 0 radical (unpaired) electrons. The number of rotatable bonds is 5. The fourth-order valence-electron chi connectivity index (χ4n) is 3.48. The van der Waals surface area contributed by atoms with Crippen molar-refractivity contribution < 1.29 is 17.9 Å². The summed E-state index contributed by atoms with van der Waals surface area (Å²) in [5.41, 5.74) is 2.50. The minimum Gasteiger partial charge on any atom is -0.495 e. The van der Waals surface area contributed by atoms with E-state index in [9.17, 15) is 13.2 Å². The predicted octanol–water partition coefficient (Wildman–Crippen LogP) is 3.60. The predicted molar refractivity (Wildman–Crippen MR) is 105 cm³/mol. The van der Waals surface area contributed by atoms with E-state index in [4.69, 9.17) is 4.74 Å². The molecular weight excluding hydrogens is 362 g/mol. The Morgan fingerprint density at radius 3 is 2.44 bits per heavy atom. The van der Waals surface area contributed by atoms with Crippen LogP contribution >= 0.6 is 0 Å². The number of methoxy groups -OCH3 is 1. The first kappa shape index (κ1) is 19.6. The van der Waals surface area contributed by atoms with Crippen LogP contribution in [0.1, 0.15) is 34.3 Å². The number of carbonyl (C=O) groups is 1. The maximum absolute atomic E-state index is 13.3. The third-order valence-electron chi connectivity index (χ3n) is 5.21. The van der Waals surface area contributed by atoms with Crippen molar-refractivity contribution in [2.75, 3.05) is 20.2 Å². The highest BCUT2D eigenvalue weighted by molar-refractivity contribution is 7.89. The maximum atomic E-state index is 13.3. The van der Waals surface area contributed by atoms with Crippen molar-refractivity contribution in [1.82, 2.24) is 4.31 Å². The van der Waals surface area contributed by atoms with E-state index in [2.05, 4.69) is 0 Å². The van der Waals surface area contributed by atoms with Gasteiger partial charge in [-0.1, -0.05) is 30.3 Å². The molecule has 1 aliphatic heterocycles. The Morgan fingerprint density at radius 2 is 1.78 bits per heavy atom. The molecule has 1 unspecified atom stereocenters. The molecule has 2 aromatic carbocycles. The van der Waals surface area contributed by atoms with Gasteiger partial charge in [-0.05, 0) is 49.9 Å². The van der Waals surface area contributed by atoms with Gasteiger partial charge >= 0.3 is 0 Å². The van der Waals surface area contributed by atoms with E-state index in [0.717, 1.165) is 11.1 Å². The lowest BCUT2D eigenvalue weighted by Crippen LogP contribution is -2.42. The maximum Gasteiger partial charge on any atom is 0.246 e. The van der Waals surface area contributed by atoms with Crippen LogP contribution in [0.3, 0.4) is 0 Å². The van der Waals surface area contributed by atoms with Crippen LogP contribution in [0.4, 0.5) is 0 Å². The number of ether oxygens (including phenoxy) is 1. The summed E-state index contributed by atoms with van der Waals surface area (Å²) in [7, 11) is -2.26. The molecule has 0 amide bonds. The molecule has 6 heteroatoms. The highest BCUT2D eigenvalue weighted by Gasteiger charge is 2.35. The SMILES string of the molecule is COc1cc(C)c(C)cc1S(=O)(=O)N1CCCC(C(=O)c2ccccc2)C1. The van der Waals surface area contributed by atoms with Gasteiger partial charge in [-0.25, -0.2) is 8.42 Å². The molecule has 0 N–H and O–H groups in total. The first-order valence-electron chi connectivity index (χ1n) is 9.09. The second-order valence-corrected chi connectivity index (χ2v) is 8.93. The summed E-state index contributed by atoms with van der Waals surface area (Å²) in [4.78, 5) is 13.0. The number of Topliss-reactive ketones (excluding diaryl/α,β-unsaturated/α-hetero) is 1. The summed E-state index contributed by atoms with van der Waals surface area (Å²) in [6.45, 7) is 4.42. The molecule has 0 spiro atoms. The van der Waals surface area contributed by atoms with Crippen molar-refractivity contribution in [3.05, 3.63) is 59.2 Å². The van der Waals surface area contributed by atoms with E-state index in [1.165, 1.54) is 11.4 Å². The molecule has 5 nitrogen and oxygen atoms in total. The monoisotopic (exact) mass is 387 g/mol. The van der Waals surface area contributed by atoms with Gasteiger partial charge in [-0.15, -0.1) is 0 Å². The number of hydrogen-bond acceptors (Lipinski definition) is 4. The summed E-state index contributed by atoms with van der Waals surface area (Å²) in [5, 5.41) is 0. The molecule has 1 atom stereocenters. The average molecular weight is 388 g/mol. The van der Waals surface area contributed by atoms with E-state index < -0.39 is 10.0 Å². The van der Waals surface area contributed by atoms with Crippen LogP contribution in [0.2, 0.25) is 0 Å². The molecule has 0 aliphatic carbocycles. The molecule has 1 fully saturated rings. The largest absolute Gasteiger partial charge is 0.495 e. The number of aryl methyl sites for hydroxylation is 2. The number of benzene rings is 2. The quantitative estimate of drug-likeness (QED) is 0.736. The zero-order valence-corrected chi connectivity index (χ0v) is 16.8. The van der Waals surface area contributed by atoms with E-state index in [0.29, 0.717) is 30.7 Å². The molecule has 1 aliphatic rings. The molecule has 144 valence electrons. The summed E-state index contributed by atoms with van der Waals surface area (Å²) in [6.07, 6.45) is 1.36. The third kappa shape index (κ3) is 3.92. The molecular formula is C21H25NO4S. The Hall–Kier alpha value is -2.18. The van der Waals surface area contributed by atoms with Crippen LogP contribution in [0.25, 0.3) is 0 Å². The number of carbonyl (C=O) groups excluding carboxylic acids is 1. The van der Waals surface area contributed by atoms with Gasteiger partial charge in [0.15, 0.2) is 5.78 Å². The normalized spacial score (nSPS) is 18.3. The van der Waals surface area contributed by atoms with Crippen LogP contribution in [0, 0.1) is 19.8 Å². The average Bonchev–Trinajstić information content (AvgIpc) is 2.69. The Labute approximate surface area is 161 Å². The van der Waals surface area contributed by atoms with Crippen molar-refractivity contribution in [3.63, 3.8) is 0 Å². The number of hydrogen-bond donors (Lipinski definition) is 0. The fraction of sp³-hybridized carbons (Fsp3) is 0.381. The van der Waals surface area contributed by atoms with E-state index in [1.54, 1.807) is 24.3 Å². The summed E-state index contributed by atoms with van der Waals surface area (Å²) in [6, 6.07) is 12.5. The van der Waals surface area contributed by atoms with Crippen LogP contribution in [-0.2, 0) is 10.0 Å². The van der Waals surface area contributed by atoms with Gasteiger partial charge in [0, 0.05) is 24.6 Å². The van der Waals surface area contributed by atoms with E-state index in [1.807, 2.05) is 32.0 Å².